The van der Waals surface area contributed by atoms with E-state index < -0.39 is 9.73 Å². The molecule has 1 aliphatic rings. The van der Waals surface area contributed by atoms with Gasteiger partial charge in [-0.3, -0.25) is 4.21 Å². The van der Waals surface area contributed by atoms with Gasteiger partial charge in [0, 0.05) is 34.2 Å². The third-order valence-corrected chi connectivity index (χ3v) is 2.97. The molecule has 3 nitrogen and oxygen atoms in total. The van der Waals surface area contributed by atoms with E-state index in [1.807, 2.05) is 0 Å². The first-order chi connectivity index (χ1) is 5.41. The number of nitrogens with zero attached hydrogens (tertiary/aromatic N) is 1. The van der Waals surface area contributed by atoms with Gasteiger partial charge in [0.1, 0.15) is 0 Å². The summed E-state index contributed by atoms with van der Waals surface area (Å²) in [5, 5.41) is 3.30. The molecule has 0 saturated carbocycles. The number of rotatable bonds is 2. The standard InChI is InChI=1S/C8H18N2OS/c1-8(4-5-9-6-8)7-10-12(2,3)11/h9H,4-7H2,1-3H3. The molecule has 1 heterocycles. The van der Waals surface area contributed by atoms with Crippen LogP contribution in [0.15, 0.2) is 4.36 Å². The van der Waals surface area contributed by atoms with Crippen molar-refractivity contribution in [2.75, 3.05) is 32.1 Å². The molecule has 0 amide bonds. The van der Waals surface area contributed by atoms with Crippen molar-refractivity contribution in [3.05, 3.63) is 0 Å². The average Bonchev–Trinajstić information content (AvgIpc) is 2.32. The van der Waals surface area contributed by atoms with E-state index in [1.54, 1.807) is 12.5 Å². The summed E-state index contributed by atoms with van der Waals surface area (Å²) in [5.41, 5.74) is 0.245. The molecule has 0 bridgehead atoms. The summed E-state index contributed by atoms with van der Waals surface area (Å²) in [4.78, 5) is 0. The van der Waals surface area contributed by atoms with Crippen molar-refractivity contribution in [3.63, 3.8) is 0 Å². The van der Waals surface area contributed by atoms with Gasteiger partial charge in [0.05, 0.1) is 6.54 Å². The topological polar surface area (TPSA) is 41.5 Å². The van der Waals surface area contributed by atoms with E-state index in [4.69, 9.17) is 0 Å². The Bertz CT molecular complexity index is 252. The largest absolute Gasteiger partial charge is 0.316 e. The van der Waals surface area contributed by atoms with Crippen molar-refractivity contribution in [1.29, 1.82) is 0 Å². The minimum absolute atomic E-state index is 0.245. The predicted molar refractivity (Wildman–Crippen MR) is 52.9 cm³/mol. The van der Waals surface area contributed by atoms with Gasteiger partial charge in [-0.1, -0.05) is 6.92 Å². The molecule has 1 saturated heterocycles. The first-order valence-electron chi connectivity index (χ1n) is 4.25. The Balaban J connectivity index is 2.57. The van der Waals surface area contributed by atoms with E-state index in [-0.39, 0.29) is 5.41 Å². The van der Waals surface area contributed by atoms with E-state index in [0.717, 1.165) is 26.1 Å². The van der Waals surface area contributed by atoms with Crippen molar-refractivity contribution in [3.8, 4) is 0 Å². The molecule has 72 valence electrons. The van der Waals surface area contributed by atoms with Gasteiger partial charge < -0.3 is 5.32 Å². The fourth-order valence-corrected chi connectivity index (χ4v) is 1.94. The highest BCUT2D eigenvalue weighted by atomic mass is 32.2. The fraction of sp³-hybridized carbons (Fsp3) is 1.00. The van der Waals surface area contributed by atoms with Crippen LogP contribution < -0.4 is 5.32 Å². The molecule has 12 heavy (non-hydrogen) atoms. The van der Waals surface area contributed by atoms with Crippen LogP contribution in [0.1, 0.15) is 13.3 Å². The lowest BCUT2D eigenvalue weighted by atomic mass is 9.90. The van der Waals surface area contributed by atoms with Crippen LogP contribution in [0.4, 0.5) is 0 Å². The Morgan fingerprint density at radius 2 is 2.25 bits per heavy atom. The maximum atomic E-state index is 11.3. The summed E-state index contributed by atoms with van der Waals surface area (Å²) in [5.74, 6) is 0. The maximum absolute atomic E-state index is 11.3. The monoisotopic (exact) mass is 190 g/mol. The van der Waals surface area contributed by atoms with Gasteiger partial charge in [0.25, 0.3) is 0 Å². The third kappa shape index (κ3) is 3.11. The molecule has 1 fully saturated rings. The molecule has 0 aromatic carbocycles. The molecule has 0 aromatic rings. The molecule has 4 heteroatoms. The van der Waals surface area contributed by atoms with Gasteiger partial charge in [-0.05, 0) is 13.0 Å². The molecule has 1 rings (SSSR count). The van der Waals surface area contributed by atoms with Crippen LogP contribution in [-0.2, 0) is 9.73 Å². The number of nitrogens with one attached hydrogen (secondary N) is 1. The Kier molecular flexibility index (Phi) is 2.78. The van der Waals surface area contributed by atoms with Crippen LogP contribution in [0.2, 0.25) is 0 Å². The van der Waals surface area contributed by atoms with E-state index in [1.165, 1.54) is 0 Å². The third-order valence-electron chi connectivity index (χ3n) is 2.21. The Hall–Kier alpha value is -0.0900. The van der Waals surface area contributed by atoms with Crippen LogP contribution in [0.25, 0.3) is 0 Å². The van der Waals surface area contributed by atoms with Crippen molar-refractivity contribution in [1.82, 2.24) is 5.32 Å². The minimum Gasteiger partial charge on any atom is -0.316 e. The molecular weight excluding hydrogens is 172 g/mol. The van der Waals surface area contributed by atoms with E-state index in [9.17, 15) is 4.21 Å². The lowest BCUT2D eigenvalue weighted by molar-refractivity contribution is 0.381. The molecule has 1 unspecified atom stereocenters. The van der Waals surface area contributed by atoms with Crippen LogP contribution in [0.5, 0.6) is 0 Å². The second-order valence-corrected chi connectivity index (χ2v) is 6.83. The lowest BCUT2D eigenvalue weighted by Gasteiger charge is -2.19. The summed E-state index contributed by atoms with van der Waals surface area (Å²) < 4.78 is 15.5. The van der Waals surface area contributed by atoms with Gasteiger partial charge in [-0.25, -0.2) is 4.36 Å². The average molecular weight is 190 g/mol. The molecule has 0 aliphatic carbocycles. The molecule has 1 aliphatic heterocycles. The first kappa shape index (κ1) is 9.99. The van der Waals surface area contributed by atoms with Crippen LogP contribution >= 0.6 is 0 Å². The summed E-state index contributed by atoms with van der Waals surface area (Å²) in [6, 6.07) is 0. The second-order valence-electron chi connectivity index (χ2n) is 4.21. The molecule has 0 aromatic heterocycles. The van der Waals surface area contributed by atoms with Crippen molar-refractivity contribution in [2.45, 2.75) is 13.3 Å². The summed E-state index contributed by atoms with van der Waals surface area (Å²) in [6.45, 7) is 5.00. The van der Waals surface area contributed by atoms with Crippen LogP contribution in [0.3, 0.4) is 0 Å². The normalized spacial score (nSPS) is 30.6. The second kappa shape index (κ2) is 3.34. The zero-order chi connectivity index (χ0) is 9.24. The van der Waals surface area contributed by atoms with Crippen molar-refractivity contribution < 1.29 is 4.21 Å². The number of hydrogen-bond donors (Lipinski definition) is 1. The zero-order valence-corrected chi connectivity index (χ0v) is 8.91. The van der Waals surface area contributed by atoms with Crippen molar-refractivity contribution in [2.24, 2.45) is 9.78 Å². The Morgan fingerprint density at radius 1 is 1.58 bits per heavy atom. The van der Waals surface area contributed by atoms with Crippen molar-refractivity contribution >= 4 is 9.73 Å². The van der Waals surface area contributed by atoms with Gasteiger partial charge in [0.2, 0.25) is 0 Å². The molecule has 1 atom stereocenters. The summed E-state index contributed by atoms with van der Waals surface area (Å²) in [7, 11) is -1.90. The van der Waals surface area contributed by atoms with Gasteiger partial charge in [-0.2, -0.15) is 0 Å². The highest BCUT2D eigenvalue weighted by Gasteiger charge is 2.28. The Morgan fingerprint density at radius 3 is 2.67 bits per heavy atom. The van der Waals surface area contributed by atoms with E-state index in [0.29, 0.717) is 0 Å². The number of hydrogen-bond acceptors (Lipinski definition) is 3. The smallest absolute Gasteiger partial charge is 0.0550 e. The quantitative estimate of drug-likeness (QED) is 0.697. The summed E-state index contributed by atoms with van der Waals surface area (Å²) >= 11 is 0. The molecule has 0 radical (unpaired) electrons. The SMILES string of the molecule is CC1(CN=S(C)(C)=O)CCNC1. The molecule has 0 spiro atoms. The van der Waals surface area contributed by atoms with Gasteiger partial charge >= 0.3 is 0 Å². The Labute approximate surface area is 75.1 Å². The zero-order valence-electron chi connectivity index (χ0n) is 8.09. The highest BCUT2D eigenvalue weighted by molar-refractivity contribution is 7.92. The van der Waals surface area contributed by atoms with Gasteiger partial charge in [-0.15, -0.1) is 0 Å². The van der Waals surface area contributed by atoms with Crippen LogP contribution in [0, 0.1) is 5.41 Å². The van der Waals surface area contributed by atoms with Crippen LogP contribution in [-0.4, -0.2) is 36.4 Å². The van der Waals surface area contributed by atoms with E-state index in [2.05, 4.69) is 16.6 Å². The maximum Gasteiger partial charge on any atom is 0.0550 e. The predicted octanol–water partition coefficient (Wildman–Crippen LogP) is 0.714. The molecule has 1 N–H and O–H groups in total. The van der Waals surface area contributed by atoms with Gasteiger partial charge in [0.15, 0.2) is 0 Å². The lowest BCUT2D eigenvalue weighted by Crippen LogP contribution is -2.23. The fourth-order valence-electron chi connectivity index (χ4n) is 1.31. The van der Waals surface area contributed by atoms with E-state index >= 15 is 0 Å². The minimum atomic E-state index is -1.90. The molecular formula is C8H18N2OS. The first-order valence-corrected chi connectivity index (χ1v) is 6.58. The highest BCUT2D eigenvalue weighted by Crippen LogP contribution is 2.24. The summed E-state index contributed by atoms with van der Waals surface area (Å²) in [6.07, 6.45) is 4.53.